The zero-order valence-electron chi connectivity index (χ0n) is 14.3. The molecular formula is C18H22N4OS2. The van der Waals surface area contributed by atoms with Crippen LogP contribution in [-0.2, 0) is 17.6 Å². The summed E-state index contributed by atoms with van der Waals surface area (Å²) in [6, 6.07) is 8.19. The first-order valence-electron chi connectivity index (χ1n) is 8.71. The van der Waals surface area contributed by atoms with Crippen molar-refractivity contribution in [3.63, 3.8) is 0 Å². The molecule has 0 aliphatic carbocycles. The summed E-state index contributed by atoms with van der Waals surface area (Å²) < 4.78 is 1.23. The fraction of sp³-hybridized carbons (Fsp3) is 0.444. The Morgan fingerprint density at radius 3 is 2.72 bits per heavy atom. The number of carbonyl (C=O) groups excluding carboxylic acids is 1. The first-order chi connectivity index (χ1) is 12.2. The van der Waals surface area contributed by atoms with E-state index in [-0.39, 0.29) is 5.91 Å². The number of aryl methyl sites for hydroxylation is 2. The number of hydrogen-bond donors (Lipinski definition) is 1. The standard InChI is InChI=1S/C18H22N4OS2/c1-2-3-11-17-21-22-18(25-17)20-15(23)10-6-7-12-16-19-13-8-4-5-9-14(13)24-16/h4-5,8-9H,2-3,6-7,10-12H2,1H3,(H,20,22,23). The molecule has 0 spiro atoms. The number of nitrogens with one attached hydrogen (secondary N) is 1. The number of benzene rings is 1. The lowest BCUT2D eigenvalue weighted by Gasteiger charge is -2.00. The zero-order chi connectivity index (χ0) is 17.5. The lowest BCUT2D eigenvalue weighted by Crippen LogP contribution is -2.10. The fourth-order valence-electron chi connectivity index (χ4n) is 2.50. The topological polar surface area (TPSA) is 67.8 Å². The molecule has 2 heterocycles. The van der Waals surface area contributed by atoms with Gasteiger partial charge in [0.25, 0.3) is 0 Å². The van der Waals surface area contributed by atoms with Crippen LogP contribution < -0.4 is 5.32 Å². The van der Waals surface area contributed by atoms with Crippen LogP contribution in [0.2, 0.25) is 0 Å². The third-order valence-corrected chi connectivity index (χ3v) is 5.83. The lowest BCUT2D eigenvalue weighted by atomic mass is 10.2. The van der Waals surface area contributed by atoms with Crippen molar-refractivity contribution in [3.8, 4) is 0 Å². The number of aromatic nitrogens is 3. The largest absolute Gasteiger partial charge is 0.301 e. The highest BCUT2D eigenvalue weighted by atomic mass is 32.1. The van der Waals surface area contributed by atoms with Crippen LogP contribution in [0.1, 0.15) is 49.0 Å². The van der Waals surface area contributed by atoms with Crippen LogP contribution in [0.25, 0.3) is 10.2 Å². The molecule has 132 valence electrons. The molecule has 1 aromatic carbocycles. The average molecular weight is 375 g/mol. The molecule has 25 heavy (non-hydrogen) atoms. The first kappa shape index (κ1) is 17.9. The molecule has 0 aliphatic rings. The van der Waals surface area contributed by atoms with Crippen molar-refractivity contribution in [2.75, 3.05) is 5.32 Å². The van der Waals surface area contributed by atoms with E-state index in [2.05, 4.69) is 33.5 Å². The Bertz CT molecular complexity index is 794. The van der Waals surface area contributed by atoms with Gasteiger partial charge in [-0.05, 0) is 37.8 Å². The predicted molar refractivity (Wildman–Crippen MR) is 104 cm³/mol. The molecule has 5 nitrogen and oxygen atoms in total. The smallest absolute Gasteiger partial charge is 0.226 e. The van der Waals surface area contributed by atoms with Crippen LogP contribution in [0.3, 0.4) is 0 Å². The van der Waals surface area contributed by atoms with Gasteiger partial charge in [0.05, 0.1) is 15.2 Å². The van der Waals surface area contributed by atoms with Gasteiger partial charge in [-0.2, -0.15) is 0 Å². The Morgan fingerprint density at radius 1 is 1.04 bits per heavy atom. The Morgan fingerprint density at radius 2 is 1.88 bits per heavy atom. The van der Waals surface area contributed by atoms with Crippen LogP contribution >= 0.6 is 22.7 Å². The molecule has 0 saturated carbocycles. The molecule has 1 N–H and O–H groups in total. The van der Waals surface area contributed by atoms with Crippen molar-refractivity contribution >= 4 is 43.9 Å². The molecular weight excluding hydrogens is 352 g/mol. The summed E-state index contributed by atoms with van der Waals surface area (Å²) >= 11 is 3.22. The SMILES string of the molecule is CCCCc1nnc(NC(=O)CCCCc2nc3ccccc3s2)s1. The van der Waals surface area contributed by atoms with E-state index in [1.54, 1.807) is 11.3 Å². The normalized spacial score (nSPS) is 11.1. The van der Waals surface area contributed by atoms with Gasteiger partial charge in [-0.15, -0.1) is 21.5 Å². The third kappa shape index (κ3) is 5.31. The molecule has 2 aromatic heterocycles. The molecule has 0 radical (unpaired) electrons. The number of nitrogens with zero attached hydrogens (tertiary/aromatic N) is 3. The maximum absolute atomic E-state index is 12.0. The summed E-state index contributed by atoms with van der Waals surface area (Å²) in [5, 5.41) is 13.8. The molecule has 0 fully saturated rings. The second-order valence-corrected chi connectivity index (χ2v) is 8.11. The van der Waals surface area contributed by atoms with E-state index in [0.29, 0.717) is 11.6 Å². The minimum Gasteiger partial charge on any atom is -0.301 e. The summed E-state index contributed by atoms with van der Waals surface area (Å²) in [7, 11) is 0. The van der Waals surface area contributed by atoms with Gasteiger partial charge < -0.3 is 5.32 Å². The predicted octanol–water partition coefficient (Wildman–Crippen LogP) is 4.84. The monoisotopic (exact) mass is 374 g/mol. The Hall–Kier alpha value is -1.86. The van der Waals surface area contributed by atoms with E-state index in [1.807, 2.05) is 18.2 Å². The number of carbonyl (C=O) groups is 1. The van der Waals surface area contributed by atoms with Gasteiger partial charge in [0, 0.05) is 12.8 Å². The van der Waals surface area contributed by atoms with Gasteiger partial charge in [0.1, 0.15) is 5.01 Å². The van der Waals surface area contributed by atoms with Gasteiger partial charge in [0.2, 0.25) is 11.0 Å². The van der Waals surface area contributed by atoms with Crippen LogP contribution in [-0.4, -0.2) is 21.1 Å². The van der Waals surface area contributed by atoms with E-state index in [0.717, 1.165) is 54.1 Å². The van der Waals surface area contributed by atoms with Crippen molar-refractivity contribution in [3.05, 3.63) is 34.3 Å². The van der Waals surface area contributed by atoms with E-state index in [1.165, 1.54) is 16.0 Å². The Kier molecular flexibility index (Phi) is 6.47. The number of unbranched alkanes of at least 4 members (excludes halogenated alkanes) is 2. The highest BCUT2D eigenvalue weighted by Crippen LogP contribution is 2.23. The first-order valence-corrected chi connectivity index (χ1v) is 10.3. The van der Waals surface area contributed by atoms with Crippen LogP contribution in [0.4, 0.5) is 5.13 Å². The average Bonchev–Trinajstić information content (AvgIpc) is 3.23. The maximum Gasteiger partial charge on any atom is 0.226 e. The van der Waals surface area contributed by atoms with Crippen LogP contribution in [0.5, 0.6) is 0 Å². The number of amides is 1. The summed E-state index contributed by atoms with van der Waals surface area (Å²) in [5.41, 5.74) is 1.07. The van der Waals surface area contributed by atoms with E-state index in [4.69, 9.17) is 0 Å². The third-order valence-electron chi connectivity index (χ3n) is 3.84. The van der Waals surface area contributed by atoms with Crippen molar-refractivity contribution < 1.29 is 4.79 Å². The van der Waals surface area contributed by atoms with E-state index in [9.17, 15) is 4.79 Å². The molecule has 1 amide bonds. The molecule has 0 saturated heterocycles. The maximum atomic E-state index is 12.0. The van der Waals surface area contributed by atoms with Gasteiger partial charge in [-0.1, -0.05) is 36.8 Å². The number of thiazole rings is 1. The van der Waals surface area contributed by atoms with Crippen molar-refractivity contribution in [1.82, 2.24) is 15.2 Å². The molecule has 0 unspecified atom stereocenters. The second kappa shape index (κ2) is 9.01. The molecule has 3 aromatic rings. The van der Waals surface area contributed by atoms with Gasteiger partial charge >= 0.3 is 0 Å². The number of para-hydroxylation sites is 1. The number of rotatable bonds is 9. The van der Waals surface area contributed by atoms with Crippen LogP contribution in [0.15, 0.2) is 24.3 Å². The summed E-state index contributed by atoms with van der Waals surface area (Å²) in [6.07, 6.45) is 6.42. The molecule has 7 heteroatoms. The second-order valence-electron chi connectivity index (χ2n) is 5.94. The number of fused-ring (bicyclic) bond motifs is 1. The van der Waals surface area contributed by atoms with Crippen molar-refractivity contribution in [1.29, 1.82) is 0 Å². The molecule has 3 rings (SSSR count). The van der Waals surface area contributed by atoms with E-state index < -0.39 is 0 Å². The summed E-state index contributed by atoms with van der Waals surface area (Å²) in [4.78, 5) is 16.6. The Balaban J connectivity index is 1.38. The van der Waals surface area contributed by atoms with Gasteiger partial charge in [-0.3, -0.25) is 4.79 Å². The van der Waals surface area contributed by atoms with Crippen LogP contribution in [0, 0.1) is 0 Å². The minimum absolute atomic E-state index is 0.0162. The number of anilines is 1. The van der Waals surface area contributed by atoms with Crippen molar-refractivity contribution in [2.24, 2.45) is 0 Å². The van der Waals surface area contributed by atoms with E-state index >= 15 is 0 Å². The van der Waals surface area contributed by atoms with Gasteiger partial charge in [0.15, 0.2) is 0 Å². The fourth-order valence-corrected chi connectivity index (χ4v) is 4.31. The minimum atomic E-state index is 0.0162. The highest BCUT2D eigenvalue weighted by molar-refractivity contribution is 7.18. The lowest BCUT2D eigenvalue weighted by molar-refractivity contribution is -0.116. The molecule has 0 bridgehead atoms. The highest BCUT2D eigenvalue weighted by Gasteiger charge is 2.08. The number of hydrogen-bond acceptors (Lipinski definition) is 6. The zero-order valence-corrected chi connectivity index (χ0v) is 16.0. The Labute approximate surface area is 155 Å². The summed E-state index contributed by atoms with van der Waals surface area (Å²) in [5.74, 6) is 0.0162. The van der Waals surface area contributed by atoms with Gasteiger partial charge in [-0.25, -0.2) is 4.98 Å². The molecule has 0 atom stereocenters. The summed E-state index contributed by atoms with van der Waals surface area (Å²) in [6.45, 7) is 2.15. The quantitative estimate of drug-likeness (QED) is 0.544. The molecule has 0 aliphatic heterocycles. The van der Waals surface area contributed by atoms with Crippen molar-refractivity contribution in [2.45, 2.75) is 51.9 Å².